The number of hydrogen-bond acceptors (Lipinski definition) is 5. The van der Waals surface area contributed by atoms with E-state index in [0.717, 1.165) is 11.4 Å². The summed E-state index contributed by atoms with van der Waals surface area (Å²) in [5.41, 5.74) is 1.98. The Labute approximate surface area is 175 Å². The van der Waals surface area contributed by atoms with Crippen molar-refractivity contribution in [2.24, 2.45) is 0 Å². The minimum Gasteiger partial charge on any atom is -0.345 e. The largest absolute Gasteiger partial charge is 0.345 e. The Hall–Kier alpha value is -3.00. The SMILES string of the molecule is CC(=O)NC(C)C(=O)NC(C)C(=O)NCSN(c1ccccc1)c1ccccc1. The van der Waals surface area contributed by atoms with Crippen LogP contribution in [0.4, 0.5) is 11.4 Å². The van der Waals surface area contributed by atoms with E-state index in [0.29, 0.717) is 5.88 Å². The maximum Gasteiger partial charge on any atom is 0.243 e. The summed E-state index contributed by atoms with van der Waals surface area (Å²) in [7, 11) is 0. The molecule has 29 heavy (non-hydrogen) atoms. The predicted molar refractivity (Wildman–Crippen MR) is 117 cm³/mol. The number of hydrogen-bond donors (Lipinski definition) is 3. The zero-order chi connectivity index (χ0) is 21.2. The second kappa shape index (κ2) is 11.1. The molecule has 2 aromatic rings. The highest BCUT2D eigenvalue weighted by atomic mass is 32.2. The summed E-state index contributed by atoms with van der Waals surface area (Å²) in [4.78, 5) is 35.4. The molecule has 2 atom stereocenters. The summed E-state index contributed by atoms with van der Waals surface area (Å²) in [6, 6.07) is 18.3. The average molecular weight is 415 g/mol. The van der Waals surface area contributed by atoms with Gasteiger partial charge in [-0.3, -0.25) is 18.7 Å². The monoisotopic (exact) mass is 414 g/mol. The molecule has 0 saturated heterocycles. The summed E-state index contributed by atoms with van der Waals surface area (Å²) in [5, 5.41) is 7.90. The van der Waals surface area contributed by atoms with Crippen LogP contribution in [0.2, 0.25) is 0 Å². The Kier molecular flexibility index (Phi) is 8.54. The van der Waals surface area contributed by atoms with Crippen LogP contribution in [0.3, 0.4) is 0 Å². The molecular formula is C21H26N4O3S. The second-order valence-electron chi connectivity index (χ2n) is 6.43. The minimum atomic E-state index is -0.721. The molecule has 3 amide bonds. The molecule has 8 heteroatoms. The lowest BCUT2D eigenvalue weighted by Crippen LogP contribution is -2.51. The van der Waals surface area contributed by atoms with Gasteiger partial charge in [-0.15, -0.1) is 0 Å². The van der Waals surface area contributed by atoms with Crippen molar-refractivity contribution in [3.05, 3.63) is 60.7 Å². The molecule has 0 bridgehead atoms. The van der Waals surface area contributed by atoms with E-state index in [9.17, 15) is 14.4 Å². The first-order valence-electron chi connectivity index (χ1n) is 9.27. The van der Waals surface area contributed by atoms with Gasteiger partial charge in [0, 0.05) is 6.92 Å². The molecule has 2 unspecified atom stereocenters. The third kappa shape index (κ3) is 7.15. The maximum atomic E-state index is 12.3. The molecule has 0 aliphatic rings. The van der Waals surface area contributed by atoms with E-state index in [1.165, 1.54) is 18.9 Å². The van der Waals surface area contributed by atoms with Crippen molar-refractivity contribution < 1.29 is 14.4 Å². The lowest BCUT2D eigenvalue weighted by Gasteiger charge is -2.24. The average Bonchev–Trinajstić information content (AvgIpc) is 2.71. The molecule has 0 aliphatic heterocycles. The number of nitrogens with zero attached hydrogens (tertiary/aromatic N) is 1. The van der Waals surface area contributed by atoms with Gasteiger partial charge < -0.3 is 16.0 Å². The van der Waals surface area contributed by atoms with Gasteiger partial charge in [-0.05, 0) is 50.1 Å². The fraction of sp³-hybridized carbons (Fsp3) is 0.286. The Bertz CT molecular complexity index is 778. The predicted octanol–water partition coefficient (Wildman–Crippen LogP) is 2.58. The highest BCUT2D eigenvalue weighted by molar-refractivity contribution is 8.00. The smallest absolute Gasteiger partial charge is 0.243 e. The zero-order valence-electron chi connectivity index (χ0n) is 16.7. The van der Waals surface area contributed by atoms with Crippen LogP contribution in [0, 0.1) is 0 Å². The molecule has 0 aromatic heterocycles. The molecular weight excluding hydrogens is 388 g/mol. The van der Waals surface area contributed by atoms with Gasteiger partial charge in [-0.25, -0.2) is 0 Å². The van der Waals surface area contributed by atoms with Gasteiger partial charge in [0.1, 0.15) is 12.1 Å². The Balaban J connectivity index is 1.91. The number of para-hydroxylation sites is 2. The fourth-order valence-corrected chi connectivity index (χ4v) is 3.40. The summed E-state index contributed by atoms with van der Waals surface area (Å²) >= 11 is 1.44. The van der Waals surface area contributed by atoms with Crippen LogP contribution in [0.5, 0.6) is 0 Å². The molecule has 0 fully saturated rings. The van der Waals surface area contributed by atoms with Gasteiger partial charge in [-0.1, -0.05) is 36.4 Å². The van der Waals surface area contributed by atoms with Gasteiger partial charge in [0.2, 0.25) is 17.7 Å². The summed E-state index contributed by atoms with van der Waals surface area (Å²) in [6.45, 7) is 4.50. The van der Waals surface area contributed by atoms with E-state index < -0.39 is 18.0 Å². The van der Waals surface area contributed by atoms with Crippen molar-refractivity contribution in [3.8, 4) is 0 Å². The van der Waals surface area contributed by atoms with Crippen LogP contribution < -0.4 is 20.3 Å². The number of rotatable bonds is 9. The number of amides is 3. The molecule has 0 aliphatic carbocycles. The van der Waals surface area contributed by atoms with E-state index in [1.807, 2.05) is 65.0 Å². The first kappa shape index (κ1) is 22.3. The zero-order valence-corrected chi connectivity index (χ0v) is 17.5. The summed E-state index contributed by atoms with van der Waals surface area (Å²) in [5.74, 6) is -0.694. The molecule has 154 valence electrons. The van der Waals surface area contributed by atoms with Crippen LogP contribution >= 0.6 is 11.9 Å². The van der Waals surface area contributed by atoms with Crippen LogP contribution in [-0.2, 0) is 14.4 Å². The van der Waals surface area contributed by atoms with Crippen molar-refractivity contribution >= 4 is 41.0 Å². The standard InChI is InChI=1S/C21H26N4O3S/c1-15(24-21(28)16(2)23-17(3)26)20(27)22-14-29-25(18-10-6-4-7-11-18)19-12-8-5-9-13-19/h4-13,15-16H,14H2,1-3H3,(H,22,27)(H,23,26)(H,24,28). The highest BCUT2D eigenvalue weighted by Gasteiger charge is 2.20. The van der Waals surface area contributed by atoms with Crippen molar-refractivity contribution in [1.82, 2.24) is 16.0 Å². The van der Waals surface area contributed by atoms with E-state index in [4.69, 9.17) is 0 Å². The van der Waals surface area contributed by atoms with Gasteiger partial charge in [0.25, 0.3) is 0 Å². The molecule has 7 nitrogen and oxygen atoms in total. The van der Waals surface area contributed by atoms with Crippen LogP contribution in [0.25, 0.3) is 0 Å². The molecule has 0 heterocycles. The molecule has 0 spiro atoms. The second-order valence-corrected chi connectivity index (χ2v) is 7.34. The third-order valence-corrected chi connectivity index (χ3v) is 4.94. The Morgan fingerprint density at radius 1 is 0.828 bits per heavy atom. The minimum absolute atomic E-state index is 0.303. The number of carbonyl (C=O) groups is 3. The van der Waals surface area contributed by atoms with Crippen molar-refractivity contribution in [2.45, 2.75) is 32.9 Å². The molecule has 0 saturated carbocycles. The highest BCUT2D eigenvalue weighted by Crippen LogP contribution is 2.31. The van der Waals surface area contributed by atoms with E-state index in [2.05, 4.69) is 16.0 Å². The van der Waals surface area contributed by atoms with Gasteiger partial charge >= 0.3 is 0 Å². The van der Waals surface area contributed by atoms with E-state index >= 15 is 0 Å². The Morgan fingerprint density at radius 2 is 1.31 bits per heavy atom. The van der Waals surface area contributed by atoms with E-state index in [-0.39, 0.29) is 11.8 Å². The van der Waals surface area contributed by atoms with Crippen LogP contribution in [0.15, 0.2) is 60.7 Å². The van der Waals surface area contributed by atoms with Crippen LogP contribution in [0.1, 0.15) is 20.8 Å². The number of benzene rings is 2. The molecule has 3 N–H and O–H groups in total. The van der Waals surface area contributed by atoms with E-state index in [1.54, 1.807) is 13.8 Å². The van der Waals surface area contributed by atoms with Gasteiger partial charge in [0.05, 0.1) is 17.3 Å². The fourth-order valence-electron chi connectivity index (χ4n) is 2.52. The third-order valence-electron chi connectivity index (χ3n) is 3.99. The summed E-state index contributed by atoms with van der Waals surface area (Å²) in [6.07, 6.45) is 0. The lowest BCUT2D eigenvalue weighted by molar-refractivity contribution is -0.130. The maximum absolute atomic E-state index is 12.3. The summed E-state index contributed by atoms with van der Waals surface area (Å²) < 4.78 is 2.03. The normalized spacial score (nSPS) is 12.4. The van der Waals surface area contributed by atoms with Crippen molar-refractivity contribution in [1.29, 1.82) is 0 Å². The Morgan fingerprint density at radius 3 is 1.79 bits per heavy atom. The number of nitrogens with one attached hydrogen (secondary N) is 3. The van der Waals surface area contributed by atoms with Crippen molar-refractivity contribution in [3.63, 3.8) is 0 Å². The molecule has 0 radical (unpaired) electrons. The molecule has 2 rings (SSSR count). The van der Waals surface area contributed by atoms with Gasteiger partial charge in [0.15, 0.2) is 0 Å². The quantitative estimate of drug-likeness (QED) is 0.433. The lowest BCUT2D eigenvalue weighted by atomic mass is 10.2. The first-order chi connectivity index (χ1) is 13.9. The number of carbonyl (C=O) groups excluding carboxylic acids is 3. The number of anilines is 2. The van der Waals surface area contributed by atoms with Gasteiger partial charge in [-0.2, -0.15) is 0 Å². The van der Waals surface area contributed by atoms with Crippen LogP contribution in [-0.4, -0.2) is 35.7 Å². The molecule has 2 aromatic carbocycles. The first-order valence-corrected chi connectivity index (χ1v) is 10.2. The van der Waals surface area contributed by atoms with Crippen molar-refractivity contribution in [2.75, 3.05) is 10.2 Å². The topological polar surface area (TPSA) is 90.5 Å².